The average Bonchev–Trinajstić information content (AvgIpc) is 2.90. The van der Waals surface area contributed by atoms with Crippen molar-refractivity contribution in [2.45, 2.75) is 45.8 Å². The van der Waals surface area contributed by atoms with Gasteiger partial charge in [-0.15, -0.1) is 0 Å². The Morgan fingerprint density at radius 3 is 2.41 bits per heavy atom. The van der Waals surface area contributed by atoms with Crippen LogP contribution < -0.4 is 11.1 Å². The molecule has 3 aromatic rings. The van der Waals surface area contributed by atoms with Gasteiger partial charge in [-0.3, -0.25) is 4.90 Å². The van der Waals surface area contributed by atoms with Crippen LogP contribution in [0.4, 0.5) is 15.8 Å². The molecule has 6 heteroatoms. The van der Waals surface area contributed by atoms with E-state index in [0.29, 0.717) is 22.8 Å². The van der Waals surface area contributed by atoms with E-state index in [2.05, 4.69) is 46.5 Å². The fourth-order valence-electron chi connectivity index (χ4n) is 5.41. The highest BCUT2D eigenvalue weighted by Crippen LogP contribution is 2.38. The smallest absolute Gasteiger partial charge is 0.123 e. The van der Waals surface area contributed by atoms with E-state index in [1.54, 1.807) is 0 Å². The molecule has 0 saturated carbocycles. The summed E-state index contributed by atoms with van der Waals surface area (Å²) < 4.78 is 13.2. The van der Waals surface area contributed by atoms with E-state index < -0.39 is 0 Å². The lowest BCUT2D eigenvalue weighted by Gasteiger charge is -2.58. The number of anilines is 2. The van der Waals surface area contributed by atoms with E-state index in [-0.39, 0.29) is 5.82 Å². The zero-order chi connectivity index (χ0) is 28.1. The first-order chi connectivity index (χ1) is 18.8. The van der Waals surface area contributed by atoms with Crippen LogP contribution in [-0.4, -0.2) is 35.0 Å². The monoisotopic (exact) mass is 544 g/mol. The largest absolute Gasteiger partial charge is 0.399 e. The number of allylic oxidation sites excluding steroid dienone is 2. The molecular formula is C33H38ClFN4. The molecule has 0 aliphatic carbocycles. The third-order valence-electron chi connectivity index (χ3n) is 7.06. The number of hydrogen-bond acceptors (Lipinski definition) is 4. The van der Waals surface area contributed by atoms with Crippen molar-refractivity contribution in [3.05, 3.63) is 113 Å². The molecule has 0 aromatic heterocycles. The normalized spacial score (nSPS) is 18.2. The van der Waals surface area contributed by atoms with Crippen LogP contribution in [0.5, 0.6) is 0 Å². The summed E-state index contributed by atoms with van der Waals surface area (Å²) in [6.07, 6.45) is 5.35. The van der Waals surface area contributed by atoms with Gasteiger partial charge in [0.15, 0.2) is 0 Å². The number of piperazine rings is 1. The van der Waals surface area contributed by atoms with Gasteiger partial charge in [-0.05, 0) is 72.5 Å². The topological polar surface area (TPSA) is 44.5 Å². The second-order valence-electron chi connectivity index (χ2n) is 10.0. The Hall–Kier alpha value is -3.54. The van der Waals surface area contributed by atoms with Gasteiger partial charge in [-0.25, -0.2) is 4.39 Å². The molecule has 6 rings (SSSR count). The van der Waals surface area contributed by atoms with E-state index in [4.69, 9.17) is 17.3 Å². The number of fused-ring (bicyclic) bond motifs is 2. The molecule has 3 aromatic carbocycles. The van der Waals surface area contributed by atoms with Crippen molar-refractivity contribution in [1.29, 1.82) is 0 Å². The molecule has 0 radical (unpaired) electrons. The van der Waals surface area contributed by atoms with Crippen molar-refractivity contribution in [2.24, 2.45) is 0 Å². The Morgan fingerprint density at radius 1 is 1.08 bits per heavy atom. The van der Waals surface area contributed by atoms with E-state index >= 15 is 0 Å². The minimum Gasteiger partial charge on any atom is -0.399 e. The Kier molecular flexibility index (Phi) is 9.16. The molecule has 0 amide bonds. The molecule has 2 unspecified atom stereocenters. The number of nitrogen functional groups attached to an aromatic ring is 1. The summed E-state index contributed by atoms with van der Waals surface area (Å²) in [5.41, 5.74) is 13.5. The highest BCUT2D eigenvalue weighted by atomic mass is 35.5. The first-order valence-electron chi connectivity index (χ1n) is 13.5. The number of piperidine rings is 1. The highest BCUT2D eigenvalue weighted by molar-refractivity contribution is 6.33. The minimum atomic E-state index is -0.193. The molecule has 3 saturated heterocycles. The maximum absolute atomic E-state index is 13.2. The number of benzene rings is 3. The molecule has 3 aliphatic heterocycles. The predicted molar refractivity (Wildman–Crippen MR) is 165 cm³/mol. The Balaban J connectivity index is 0.00000172. The van der Waals surface area contributed by atoms with Crippen molar-refractivity contribution in [3.8, 4) is 11.1 Å². The third kappa shape index (κ3) is 6.73. The first-order valence-corrected chi connectivity index (χ1v) is 13.9. The summed E-state index contributed by atoms with van der Waals surface area (Å²) in [4.78, 5) is 4.88. The standard InChI is InChI=1S/C31H32ClFN4.C2H6/c1-20(2)35-31-16-30(32)29(23-5-4-6-26(34)13-23)14-24(31)10-7-21(3)37-27-15-28(37)19-36(18-27)17-22-8-11-25(33)12-9-22;1-2/h4-14,16,27-28,35H,1,3,15,17-19,34H2,2H3;1-2H3/b10-7+;. The van der Waals surface area contributed by atoms with Gasteiger partial charge in [0.1, 0.15) is 5.82 Å². The quantitative estimate of drug-likeness (QED) is 0.222. The molecular weight excluding hydrogens is 507 g/mol. The fourth-order valence-corrected chi connectivity index (χ4v) is 5.68. The zero-order valence-electron chi connectivity index (χ0n) is 23.1. The molecule has 3 N–H and O–H groups in total. The number of nitrogens with zero attached hydrogens (tertiary/aromatic N) is 2. The number of halogens is 2. The van der Waals surface area contributed by atoms with Crippen molar-refractivity contribution in [2.75, 3.05) is 24.1 Å². The van der Waals surface area contributed by atoms with Gasteiger partial charge in [-0.2, -0.15) is 0 Å². The summed E-state index contributed by atoms with van der Waals surface area (Å²) in [7, 11) is 0. The number of hydrogen-bond donors (Lipinski definition) is 2. The number of nitrogens with two attached hydrogens (primary N) is 1. The highest BCUT2D eigenvalue weighted by Gasteiger charge is 2.44. The van der Waals surface area contributed by atoms with Crippen LogP contribution in [0.15, 0.2) is 91.3 Å². The maximum Gasteiger partial charge on any atom is 0.123 e. The van der Waals surface area contributed by atoms with Gasteiger partial charge in [-0.1, -0.05) is 68.9 Å². The molecule has 4 nitrogen and oxygen atoms in total. The molecule has 2 bridgehead atoms. The fraction of sp³-hybridized carbons (Fsp3) is 0.273. The van der Waals surface area contributed by atoms with Gasteiger partial charge < -0.3 is 16.0 Å². The second-order valence-corrected chi connectivity index (χ2v) is 10.5. The SMILES string of the molecule is C=C(C)Nc1cc(Cl)c(-c2cccc(N)c2)cc1/C=C/C(=C)N1C2CC1CN(Cc1ccc(F)cc1)C2.CC. The molecule has 2 atom stereocenters. The predicted octanol–water partition coefficient (Wildman–Crippen LogP) is 8.19. The van der Waals surface area contributed by atoms with Gasteiger partial charge in [0.05, 0.1) is 5.02 Å². The summed E-state index contributed by atoms with van der Waals surface area (Å²) in [6.45, 7) is 17.1. The lowest BCUT2D eigenvalue weighted by molar-refractivity contribution is -0.0438. The van der Waals surface area contributed by atoms with Crippen molar-refractivity contribution < 1.29 is 4.39 Å². The van der Waals surface area contributed by atoms with Crippen molar-refractivity contribution in [3.63, 3.8) is 0 Å². The molecule has 3 fully saturated rings. The summed E-state index contributed by atoms with van der Waals surface area (Å²) in [5, 5.41) is 3.97. The minimum absolute atomic E-state index is 0.193. The first kappa shape index (κ1) is 28.5. The second kappa shape index (κ2) is 12.5. The van der Waals surface area contributed by atoms with Gasteiger partial charge >= 0.3 is 0 Å². The zero-order valence-corrected chi connectivity index (χ0v) is 23.8. The van der Waals surface area contributed by atoms with Gasteiger partial charge in [0, 0.05) is 60.1 Å². The number of nitrogens with one attached hydrogen (secondary N) is 1. The van der Waals surface area contributed by atoms with Crippen LogP contribution >= 0.6 is 11.6 Å². The maximum atomic E-state index is 13.2. The average molecular weight is 545 g/mol. The molecule has 204 valence electrons. The summed E-state index contributed by atoms with van der Waals surface area (Å²) in [6, 6.07) is 19.4. The lowest BCUT2D eigenvalue weighted by atomic mass is 9.86. The van der Waals surface area contributed by atoms with Crippen molar-refractivity contribution in [1.82, 2.24) is 9.80 Å². The van der Waals surface area contributed by atoms with Crippen LogP contribution in [0, 0.1) is 5.82 Å². The summed E-state index contributed by atoms with van der Waals surface area (Å²) >= 11 is 6.68. The van der Waals surface area contributed by atoms with Crippen molar-refractivity contribution >= 4 is 29.1 Å². The van der Waals surface area contributed by atoms with Crippen LogP contribution in [0.25, 0.3) is 17.2 Å². The molecule has 0 spiro atoms. The molecule has 39 heavy (non-hydrogen) atoms. The van der Waals surface area contributed by atoms with Gasteiger partial charge in [0.2, 0.25) is 0 Å². The number of rotatable bonds is 8. The Morgan fingerprint density at radius 2 is 1.77 bits per heavy atom. The molecule has 3 heterocycles. The van der Waals surface area contributed by atoms with Crippen LogP contribution in [0.2, 0.25) is 5.02 Å². The van der Waals surface area contributed by atoms with Crippen LogP contribution in [0.1, 0.15) is 38.3 Å². The molecule has 3 aliphatic rings. The summed E-state index contributed by atoms with van der Waals surface area (Å²) in [5.74, 6) is -0.193. The van der Waals surface area contributed by atoms with Crippen LogP contribution in [-0.2, 0) is 6.54 Å². The third-order valence-corrected chi connectivity index (χ3v) is 7.37. The van der Waals surface area contributed by atoms with Gasteiger partial charge in [0.25, 0.3) is 0 Å². The van der Waals surface area contributed by atoms with E-state index in [1.165, 1.54) is 18.6 Å². The van der Waals surface area contributed by atoms with E-state index in [9.17, 15) is 4.39 Å². The lowest BCUT2D eigenvalue weighted by Crippen LogP contribution is -2.67. The Bertz CT molecular complexity index is 1350. The Labute approximate surface area is 237 Å². The van der Waals surface area contributed by atoms with Crippen LogP contribution in [0.3, 0.4) is 0 Å². The van der Waals surface area contributed by atoms with E-state index in [0.717, 1.165) is 59.0 Å². The van der Waals surface area contributed by atoms with E-state index in [1.807, 2.05) is 63.2 Å².